The van der Waals surface area contributed by atoms with Gasteiger partial charge in [0.15, 0.2) is 5.69 Å². The van der Waals surface area contributed by atoms with Gasteiger partial charge in [0.25, 0.3) is 5.91 Å². The average Bonchev–Trinajstić information content (AvgIpc) is 3.18. The Hall–Kier alpha value is -3.20. The van der Waals surface area contributed by atoms with Crippen LogP contribution in [0.4, 0.5) is 5.69 Å². The second-order valence-corrected chi connectivity index (χ2v) is 8.10. The molecule has 9 nitrogen and oxygen atoms in total. The van der Waals surface area contributed by atoms with E-state index in [4.69, 9.17) is 9.47 Å². The van der Waals surface area contributed by atoms with Gasteiger partial charge in [-0.25, -0.2) is 4.79 Å². The van der Waals surface area contributed by atoms with Gasteiger partial charge in [-0.2, -0.15) is 5.10 Å². The molecule has 0 saturated carbocycles. The summed E-state index contributed by atoms with van der Waals surface area (Å²) in [7, 11) is 1.60. The molecule has 0 spiro atoms. The lowest BCUT2D eigenvalue weighted by Crippen LogP contribution is -2.64. The Morgan fingerprint density at radius 3 is 2.69 bits per heavy atom. The number of rotatable bonds is 8. The Kier molecular flexibility index (Phi) is 6.98. The van der Waals surface area contributed by atoms with E-state index in [-0.39, 0.29) is 30.4 Å². The van der Waals surface area contributed by atoms with E-state index in [1.54, 1.807) is 21.0 Å². The van der Waals surface area contributed by atoms with E-state index in [0.717, 1.165) is 11.1 Å². The van der Waals surface area contributed by atoms with Gasteiger partial charge in [0, 0.05) is 32.0 Å². The van der Waals surface area contributed by atoms with E-state index < -0.39 is 17.4 Å². The second kappa shape index (κ2) is 9.52. The van der Waals surface area contributed by atoms with Crippen molar-refractivity contribution < 1.29 is 23.9 Å². The highest BCUT2D eigenvalue weighted by Gasteiger charge is 2.49. The van der Waals surface area contributed by atoms with Crippen LogP contribution in [0.15, 0.2) is 24.3 Å². The lowest BCUT2D eigenvalue weighted by Gasteiger charge is -2.43. The van der Waals surface area contributed by atoms with E-state index >= 15 is 0 Å². The number of carbonyl (C=O) groups excluding carboxylic acids is 3. The highest BCUT2D eigenvalue weighted by Crippen LogP contribution is 2.35. The molecule has 1 N–H and O–H groups in total. The van der Waals surface area contributed by atoms with Crippen LogP contribution in [0.3, 0.4) is 0 Å². The molecule has 9 heteroatoms. The first-order chi connectivity index (χ1) is 15.2. The summed E-state index contributed by atoms with van der Waals surface area (Å²) >= 11 is 0. The molecular formula is C23H30N4O5. The molecule has 2 aromatic rings. The predicted molar refractivity (Wildman–Crippen MR) is 119 cm³/mol. The van der Waals surface area contributed by atoms with Crippen molar-refractivity contribution in [1.82, 2.24) is 15.1 Å². The van der Waals surface area contributed by atoms with Crippen molar-refractivity contribution in [2.24, 2.45) is 0 Å². The molecule has 0 saturated heterocycles. The average molecular weight is 443 g/mol. The number of ether oxygens (including phenoxy) is 2. The minimum absolute atomic E-state index is 0.0425. The number of benzene rings is 1. The fraction of sp³-hybridized carbons (Fsp3) is 0.478. The van der Waals surface area contributed by atoms with Crippen LogP contribution in [0.1, 0.15) is 52.4 Å². The van der Waals surface area contributed by atoms with E-state index in [1.807, 2.05) is 32.0 Å². The summed E-state index contributed by atoms with van der Waals surface area (Å²) in [4.78, 5) is 40.8. The number of esters is 1. The van der Waals surface area contributed by atoms with Gasteiger partial charge in [-0.15, -0.1) is 0 Å². The first-order valence-corrected chi connectivity index (χ1v) is 10.7. The van der Waals surface area contributed by atoms with E-state index in [1.165, 1.54) is 15.6 Å². The van der Waals surface area contributed by atoms with Crippen LogP contribution in [0, 0.1) is 13.8 Å². The Morgan fingerprint density at radius 1 is 1.25 bits per heavy atom. The number of nitrogens with zero attached hydrogens (tertiary/aromatic N) is 3. The van der Waals surface area contributed by atoms with Crippen molar-refractivity contribution >= 4 is 23.5 Å². The van der Waals surface area contributed by atoms with Crippen LogP contribution in [-0.2, 0) is 20.8 Å². The van der Waals surface area contributed by atoms with E-state index in [9.17, 15) is 14.4 Å². The highest BCUT2D eigenvalue weighted by atomic mass is 16.5. The number of methoxy groups -OCH3 is 1. The van der Waals surface area contributed by atoms with Gasteiger partial charge in [-0.1, -0.05) is 12.1 Å². The number of hydrogen-bond acceptors (Lipinski definition) is 6. The van der Waals surface area contributed by atoms with Crippen molar-refractivity contribution in [1.29, 1.82) is 0 Å². The molecule has 32 heavy (non-hydrogen) atoms. The van der Waals surface area contributed by atoms with Crippen molar-refractivity contribution in [2.75, 3.05) is 31.8 Å². The summed E-state index contributed by atoms with van der Waals surface area (Å²) in [5, 5.41) is 7.19. The van der Waals surface area contributed by atoms with E-state index in [2.05, 4.69) is 10.4 Å². The second-order valence-electron chi connectivity index (χ2n) is 8.10. The zero-order valence-corrected chi connectivity index (χ0v) is 19.2. The number of amides is 2. The largest absolute Gasteiger partial charge is 0.461 e. The van der Waals surface area contributed by atoms with Crippen LogP contribution in [-0.4, -0.2) is 60.0 Å². The minimum Gasteiger partial charge on any atom is -0.461 e. The normalized spacial score (nSPS) is 17.8. The summed E-state index contributed by atoms with van der Waals surface area (Å²) in [6, 6.07) is 7.19. The Morgan fingerprint density at radius 2 is 2.00 bits per heavy atom. The van der Waals surface area contributed by atoms with Crippen LogP contribution >= 0.6 is 0 Å². The first-order valence-electron chi connectivity index (χ1n) is 10.7. The minimum atomic E-state index is -1.26. The van der Waals surface area contributed by atoms with Gasteiger partial charge in [-0.05, 0) is 51.3 Å². The number of anilines is 1. The van der Waals surface area contributed by atoms with Crippen molar-refractivity contribution in [2.45, 2.75) is 46.2 Å². The fourth-order valence-electron chi connectivity index (χ4n) is 3.83. The lowest BCUT2D eigenvalue weighted by molar-refractivity contribution is -0.126. The monoisotopic (exact) mass is 442 g/mol. The predicted octanol–water partition coefficient (Wildman–Crippen LogP) is 2.25. The molecule has 2 heterocycles. The molecule has 172 valence electrons. The number of nitrogens with one attached hydrogen (secondary N) is 1. The lowest BCUT2D eigenvalue weighted by atomic mass is 9.92. The van der Waals surface area contributed by atoms with Gasteiger partial charge in [-0.3, -0.25) is 19.2 Å². The molecule has 3 rings (SSSR count). The third-order valence-corrected chi connectivity index (χ3v) is 5.54. The van der Waals surface area contributed by atoms with Gasteiger partial charge in [0.2, 0.25) is 5.91 Å². The van der Waals surface area contributed by atoms with Crippen LogP contribution in [0.5, 0.6) is 0 Å². The summed E-state index contributed by atoms with van der Waals surface area (Å²) in [6.07, 6.45) is 0.649. The standard InChI is InChI=1S/C23H30N4O5/c1-6-32-21(29)17-13-19-20(28)27(18-12-15(2)8-9-16(18)3)23(4,14-26(19)25-17)22(30)24-10-7-11-31-5/h8-9,12-13H,6-7,10-11,14H2,1-5H3,(H,24,30)/t23-/m1/s1. The first kappa shape index (κ1) is 23.5. The quantitative estimate of drug-likeness (QED) is 0.497. The number of aryl methyl sites for hydroxylation is 2. The van der Waals surface area contributed by atoms with Crippen molar-refractivity contribution in [3.8, 4) is 0 Å². The van der Waals surface area contributed by atoms with Crippen LogP contribution in [0.2, 0.25) is 0 Å². The third-order valence-electron chi connectivity index (χ3n) is 5.54. The molecule has 0 fully saturated rings. The Labute approximate surface area is 187 Å². The van der Waals surface area contributed by atoms with Crippen molar-refractivity contribution in [3.63, 3.8) is 0 Å². The summed E-state index contributed by atoms with van der Waals surface area (Å²) in [6.45, 7) is 8.47. The number of hydrogen-bond donors (Lipinski definition) is 1. The molecule has 1 aromatic heterocycles. The molecule has 1 aliphatic heterocycles. The zero-order valence-electron chi connectivity index (χ0n) is 19.2. The third kappa shape index (κ3) is 4.38. The molecule has 2 amide bonds. The van der Waals surface area contributed by atoms with Crippen molar-refractivity contribution in [3.05, 3.63) is 46.8 Å². The SMILES string of the molecule is CCOC(=O)c1cc2n(n1)C[C@](C)(C(=O)NCCCOC)N(c1cc(C)ccc1C)C2=O. The number of aromatic nitrogens is 2. The molecule has 0 radical (unpaired) electrons. The fourth-order valence-corrected chi connectivity index (χ4v) is 3.83. The molecule has 1 aromatic carbocycles. The van der Waals surface area contributed by atoms with Gasteiger partial charge in [0.1, 0.15) is 11.2 Å². The number of fused-ring (bicyclic) bond motifs is 1. The van der Waals surface area contributed by atoms with Crippen LogP contribution in [0.25, 0.3) is 0 Å². The molecule has 0 bridgehead atoms. The smallest absolute Gasteiger partial charge is 0.358 e. The van der Waals surface area contributed by atoms with Crippen LogP contribution < -0.4 is 10.2 Å². The maximum Gasteiger partial charge on any atom is 0.358 e. The molecule has 1 atom stereocenters. The van der Waals surface area contributed by atoms with Gasteiger partial charge >= 0.3 is 5.97 Å². The Balaban J connectivity index is 2.06. The maximum atomic E-state index is 13.7. The number of carbonyl (C=O) groups is 3. The molecule has 1 aliphatic rings. The summed E-state index contributed by atoms with van der Waals surface area (Å²) in [5.41, 5.74) is 1.50. The Bertz CT molecular complexity index is 1030. The highest BCUT2D eigenvalue weighted by molar-refractivity contribution is 6.12. The topological polar surface area (TPSA) is 103 Å². The zero-order chi connectivity index (χ0) is 23.5. The van der Waals surface area contributed by atoms with E-state index in [0.29, 0.717) is 25.3 Å². The summed E-state index contributed by atoms with van der Waals surface area (Å²) < 4.78 is 11.5. The summed E-state index contributed by atoms with van der Waals surface area (Å²) in [5.74, 6) is -1.31. The van der Waals surface area contributed by atoms with Gasteiger partial charge < -0.3 is 14.8 Å². The molecule has 0 unspecified atom stereocenters. The maximum absolute atomic E-state index is 13.7. The van der Waals surface area contributed by atoms with Gasteiger partial charge in [0.05, 0.1) is 13.2 Å². The molecular weight excluding hydrogens is 412 g/mol. The molecule has 0 aliphatic carbocycles.